The molecule has 4 rings (SSSR count). The molecule has 0 saturated heterocycles. The van der Waals surface area contributed by atoms with Crippen LogP contribution >= 0.6 is 11.8 Å². The van der Waals surface area contributed by atoms with Crippen LogP contribution in [-0.4, -0.2) is 18.1 Å². The lowest BCUT2D eigenvalue weighted by Crippen LogP contribution is -2.26. The molecule has 0 bridgehead atoms. The standard InChI is InChI=1S/C26H23NO3S/c1-5-25(23(28)29-4)24(2,3)26(25,31-20-15-10-7-11-16-20)21-17-12-18-22(27-21)30-19-13-8-6-9-14-19/h1,6-18H,2-4H3. The number of aromatic nitrogens is 1. The minimum absolute atomic E-state index is 0.431. The van der Waals surface area contributed by atoms with E-state index in [4.69, 9.17) is 20.9 Å². The van der Waals surface area contributed by atoms with Crippen molar-refractivity contribution in [2.24, 2.45) is 10.8 Å². The van der Waals surface area contributed by atoms with Gasteiger partial charge in [-0.05, 0) is 30.3 Å². The van der Waals surface area contributed by atoms with Crippen LogP contribution in [-0.2, 0) is 14.3 Å². The van der Waals surface area contributed by atoms with E-state index in [1.807, 2.05) is 86.6 Å². The third-order valence-electron chi connectivity index (χ3n) is 6.06. The molecule has 1 aromatic heterocycles. The van der Waals surface area contributed by atoms with Gasteiger partial charge in [-0.3, -0.25) is 4.79 Å². The van der Waals surface area contributed by atoms with Crippen molar-refractivity contribution in [3.8, 4) is 24.0 Å². The zero-order valence-electron chi connectivity index (χ0n) is 17.7. The van der Waals surface area contributed by atoms with Crippen LogP contribution in [0.15, 0.2) is 83.8 Å². The maximum absolute atomic E-state index is 13.1. The summed E-state index contributed by atoms with van der Waals surface area (Å²) in [5, 5.41) is 0. The topological polar surface area (TPSA) is 48.4 Å². The monoisotopic (exact) mass is 429 g/mol. The number of nitrogens with zero attached hydrogens (tertiary/aromatic N) is 1. The Labute approximate surface area is 187 Å². The third-order valence-corrected chi connectivity index (χ3v) is 7.90. The van der Waals surface area contributed by atoms with Crippen LogP contribution in [0, 0.1) is 23.2 Å². The average Bonchev–Trinajstić information content (AvgIpc) is 3.24. The van der Waals surface area contributed by atoms with Crippen LogP contribution in [0.3, 0.4) is 0 Å². The molecule has 156 valence electrons. The van der Waals surface area contributed by atoms with Crippen molar-refractivity contribution in [1.82, 2.24) is 4.98 Å². The Morgan fingerprint density at radius 2 is 1.61 bits per heavy atom. The van der Waals surface area contributed by atoms with E-state index in [0.29, 0.717) is 17.3 Å². The summed E-state index contributed by atoms with van der Waals surface area (Å²) in [7, 11) is 1.37. The second-order valence-corrected chi connectivity index (χ2v) is 9.17. The molecule has 2 unspecified atom stereocenters. The largest absolute Gasteiger partial charge is 0.468 e. The highest BCUT2D eigenvalue weighted by molar-refractivity contribution is 8.00. The normalized spacial score (nSPS) is 23.4. The lowest BCUT2D eigenvalue weighted by molar-refractivity contribution is -0.146. The number of carbonyl (C=O) groups is 1. The maximum Gasteiger partial charge on any atom is 0.326 e. The number of carbonyl (C=O) groups excluding carboxylic acids is 1. The number of esters is 1. The highest BCUT2D eigenvalue weighted by Crippen LogP contribution is 2.83. The van der Waals surface area contributed by atoms with E-state index < -0.39 is 21.5 Å². The smallest absolute Gasteiger partial charge is 0.326 e. The van der Waals surface area contributed by atoms with Crippen LogP contribution in [0.1, 0.15) is 19.5 Å². The predicted molar refractivity (Wildman–Crippen MR) is 122 cm³/mol. The fraction of sp³-hybridized carbons (Fsp3) is 0.231. The summed E-state index contributed by atoms with van der Waals surface area (Å²) in [6, 6.07) is 24.9. The van der Waals surface area contributed by atoms with Crippen LogP contribution in [0.5, 0.6) is 11.6 Å². The van der Waals surface area contributed by atoms with Crippen molar-refractivity contribution >= 4 is 17.7 Å². The number of terminal acetylenes is 1. The lowest BCUT2D eigenvalue weighted by Gasteiger charge is -2.21. The van der Waals surface area contributed by atoms with Gasteiger partial charge >= 0.3 is 5.97 Å². The number of hydrogen-bond donors (Lipinski definition) is 0. The van der Waals surface area contributed by atoms with E-state index in [-0.39, 0.29) is 0 Å². The van der Waals surface area contributed by atoms with Gasteiger partial charge in [0.2, 0.25) is 5.88 Å². The first-order valence-corrected chi connectivity index (χ1v) is 10.8. The Morgan fingerprint density at radius 3 is 2.23 bits per heavy atom. The summed E-state index contributed by atoms with van der Waals surface area (Å²) in [6.45, 7) is 3.98. The molecule has 1 fully saturated rings. The van der Waals surface area contributed by atoms with Crippen molar-refractivity contribution in [2.45, 2.75) is 23.5 Å². The molecule has 0 spiro atoms. The summed E-state index contributed by atoms with van der Waals surface area (Å²) in [6.07, 6.45) is 6.03. The molecule has 1 aliphatic carbocycles. The number of pyridine rings is 1. The molecule has 1 aliphatic rings. The number of rotatable bonds is 6. The van der Waals surface area contributed by atoms with Gasteiger partial charge in [0.25, 0.3) is 0 Å². The van der Waals surface area contributed by atoms with E-state index in [0.717, 1.165) is 4.90 Å². The van der Waals surface area contributed by atoms with Gasteiger partial charge in [0.05, 0.1) is 17.6 Å². The summed E-state index contributed by atoms with van der Waals surface area (Å²) in [5.74, 6) is 3.49. The Morgan fingerprint density at radius 1 is 0.968 bits per heavy atom. The molecule has 1 saturated carbocycles. The second-order valence-electron chi connectivity index (χ2n) is 7.88. The maximum atomic E-state index is 13.1. The van der Waals surface area contributed by atoms with E-state index in [2.05, 4.69) is 5.92 Å². The van der Waals surface area contributed by atoms with Gasteiger partial charge < -0.3 is 9.47 Å². The van der Waals surface area contributed by atoms with Crippen molar-refractivity contribution < 1.29 is 14.3 Å². The minimum atomic E-state index is -1.17. The van der Waals surface area contributed by atoms with Crippen molar-refractivity contribution in [3.05, 3.63) is 84.6 Å². The van der Waals surface area contributed by atoms with Crippen molar-refractivity contribution in [1.29, 1.82) is 0 Å². The molecule has 1 heterocycles. The molecule has 2 aromatic carbocycles. The molecule has 2 atom stereocenters. The molecule has 0 radical (unpaired) electrons. The zero-order chi connectivity index (χ0) is 22.1. The van der Waals surface area contributed by atoms with Crippen LogP contribution in [0.4, 0.5) is 0 Å². The Bertz CT molecular complexity index is 1140. The zero-order valence-corrected chi connectivity index (χ0v) is 18.5. The number of hydrogen-bond acceptors (Lipinski definition) is 5. The predicted octanol–water partition coefficient (Wildman–Crippen LogP) is 5.69. The summed E-state index contributed by atoms with van der Waals surface area (Å²) < 4.78 is 10.3. The number of benzene rings is 2. The molecular weight excluding hydrogens is 406 g/mol. The lowest BCUT2D eigenvalue weighted by atomic mass is 9.97. The molecule has 0 aliphatic heterocycles. The number of thioether (sulfide) groups is 1. The van der Waals surface area contributed by atoms with Gasteiger partial charge in [-0.2, -0.15) is 0 Å². The fourth-order valence-corrected chi connectivity index (χ4v) is 6.21. The number of para-hydroxylation sites is 1. The van der Waals surface area contributed by atoms with Gasteiger partial charge in [0, 0.05) is 16.4 Å². The van der Waals surface area contributed by atoms with E-state index >= 15 is 0 Å². The highest BCUT2D eigenvalue weighted by atomic mass is 32.2. The summed E-state index contributed by atoms with van der Waals surface area (Å²) in [5.41, 5.74) is -1.10. The van der Waals surface area contributed by atoms with Gasteiger partial charge in [-0.25, -0.2) is 4.98 Å². The van der Waals surface area contributed by atoms with E-state index in [1.165, 1.54) is 7.11 Å². The summed E-state index contributed by atoms with van der Waals surface area (Å²) >= 11 is 1.55. The van der Waals surface area contributed by atoms with E-state index in [9.17, 15) is 4.79 Å². The van der Waals surface area contributed by atoms with Gasteiger partial charge in [-0.15, -0.1) is 18.2 Å². The van der Waals surface area contributed by atoms with Crippen LogP contribution < -0.4 is 4.74 Å². The first kappa shape index (κ1) is 21.0. The SMILES string of the molecule is C#CC1(C(=O)OC)C(C)(C)C1(Sc1ccccc1)c1cccc(Oc2ccccc2)n1. The third kappa shape index (κ3) is 3.02. The molecular formula is C26H23NO3S. The van der Waals surface area contributed by atoms with Crippen molar-refractivity contribution in [3.63, 3.8) is 0 Å². The van der Waals surface area contributed by atoms with Gasteiger partial charge in [-0.1, -0.05) is 62.2 Å². The van der Waals surface area contributed by atoms with Crippen LogP contribution in [0.25, 0.3) is 0 Å². The van der Waals surface area contributed by atoms with Crippen molar-refractivity contribution in [2.75, 3.05) is 7.11 Å². The second kappa shape index (κ2) is 7.79. The van der Waals surface area contributed by atoms with Crippen LogP contribution in [0.2, 0.25) is 0 Å². The van der Waals surface area contributed by atoms with E-state index in [1.54, 1.807) is 17.8 Å². The fourth-order valence-electron chi connectivity index (χ4n) is 4.44. The molecule has 31 heavy (non-hydrogen) atoms. The van der Waals surface area contributed by atoms with Gasteiger partial charge in [0.15, 0.2) is 5.41 Å². The molecule has 4 nitrogen and oxygen atoms in total. The number of methoxy groups -OCH3 is 1. The Balaban J connectivity index is 1.84. The Kier molecular flexibility index (Phi) is 5.28. The first-order valence-electron chi connectivity index (χ1n) is 9.93. The van der Waals surface area contributed by atoms with Gasteiger partial charge in [0.1, 0.15) is 5.75 Å². The minimum Gasteiger partial charge on any atom is -0.468 e. The quantitative estimate of drug-likeness (QED) is 0.372. The highest BCUT2D eigenvalue weighted by Gasteiger charge is 2.88. The molecule has 5 heteroatoms. The molecule has 3 aromatic rings. The Hall–Kier alpha value is -3.23. The average molecular weight is 430 g/mol. The molecule has 0 N–H and O–H groups in total. The summed E-state index contributed by atoms with van der Waals surface area (Å²) in [4.78, 5) is 18.9. The number of ether oxygens (including phenoxy) is 2. The molecule has 0 amide bonds. The first-order chi connectivity index (χ1) is 14.9.